The van der Waals surface area contributed by atoms with E-state index in [0.717, 1.165) is 11.9 Å². The van der Waals surface area contributed by atoms with E-state index in [9.17, 15) is 13.6 Å². The molecule has 1 aromatic heterocycles. The number of hydrogen-bond donors (Lipinski definition) is 2. The number of halogens is 3. The number of anilines is 1. The van der Waals surface area contributed by atoms with Crippen LogP contribution in [0.15, 0.2) is 53.6 Å². The number of rotatable bonds is 6. The topological polar surface area (TPSA) is 77.2 Å². The molecule has 0 aliphatic heterocycles. The van der Waals surface area contributed by atoms with Crippen LogP contribution in [0.1, 0.15) is 5.56 Å². The maximum absolute atomic E-state index is 12.6. The van der Waals surface area contributed by atoms with Crippen LogP contribution in [0, 0.1) is 0 Å². The quantitative estimate of drug-likeness (QED) is 0.580. The monoisotopic (exact) mass is 409 g/mol. The third-order valence-corrected chi connectivity index (χ3v) is 4.69. The predicted octanol–water partition coefficient (Wildman–Crippen LogP) is 4.64. The van der Waals surface area contributed by atoms with Crippen LogP contribution in [0.2, 0.25) is 5.02 Å². The highest BCUT2D eigenvalue weighted by Crippen LogP contribution is 2.34. The van der Waals surface area contributed by atoms with Crippen LogP contribution in [-0.4, -0.2) is 17.5 Å². The molecular weight excluding hydrogens is 396 g/mol. The van der Waals surface area contributed by atoms with Crippen molar-refractivity contribution in [2.24, 2.45) is 5.14 Å². The lowest BCUT2D eigenvalue weighted by atomic mass is 10.1. The van der Waals surface area contributed by atoms with Crippen molar-refractivity contribution >= 4 is 45.9 Å². The molecule has 27 heavy (non-hydrogen) atoms. The molecule has 0 aliphatic carbocycles. The zero-order chi connectivity index (χ0) is 19.4. The van der Waals surface area contributed by atoms with Crippen LogP contribution in [0.3, 0.4) is 0 Å². The minimum Gasteiger partial charge on any atom is -0.416 e. The van der Waals surface area contributed by atoms with Crippen LogP contribution in [0.25, 0.3) is 10.8 Å². The molecule has 0 aliphatic rings. The van der Waals surface area contributed by atoms with Gasteiger partial charge < -0.3 is 10.1 Å². The van der Waals surface area contributed by atoms with Gasteiger partial charge in [0.1, 0.15) is 0 Å². The summed E-state index contributed by atoms with van der Waals surface area (Å²) in [7, 11) is 0. The number of hydrogen-bond acceptors (Lipinski definition) is 5. The summed E-state index contributed by atoms with van der Waals surface area (Å²) < 4.78 is 29.8. The third kappa shape index (κ3) is 4.65. The van der Waals surface area contributed by atoms with Gasteiger partial charge in [-0.15, -0.1) is 0 Å². The number of nitrogens with zero attached hydrogens (tertiary/aromatic N) is 1. The molecule has 2 aromatic carbocycles. The number of benzene rings is 2. The van der Waals surface area contributed by atoms with Gasteiger partial charge in [0.25, 0.3) is 0 Å². The number of carbonyl (C=O) groups excluding carboxylic acids is 1. The van der Waals surface area contributed by atoms with Crippen LogP contribution in [0.5, 0.6) is 5.88 Å². The first-order valence-electron chi connectivity index (χ1n) is 7.75. The number of carbonyl (C=O) groups is 1. The summed E-state index contributed by atoms with van der Waals surface area (Å²) in [6.45, 7) is -3.02. The molecule has 140 valence electrons. The standard InChI is InChI=1S/C18H14ClF2N3O2S/c19-14-4-2-1-3-10(14)7-16(25)24-11-8-13-12(15(9-11)27-22)5-6-23-17(13)26-18(20)21/h1-6,8-9,18H,7,22H2,(H,24,25). The second-order valence-corrected chi connectivity index (χ2v) is 6.58. The first-order valence-corrected chi connectivity index (χ1v) is 9.01. The fourth-order valence-electron chi connectivity index (χ4n) is 2.59. The van der Waals surface area contributed by atoms with E-state index in [4.69, 9.17) is 16.7 Å². The van der Waals surface area contributed by atoms with Crippen LogP contribution < -0.4 is 15.2 Å². The Balaban J connectivity index is 1.92. The van der Waals surface area contributed by atoms with Gasteiger partial charge in [0.05, 0.1) is 6.42 Å². The number of ether oxygens (including phenoxy) is 1. The van der Waals surface area contributed by atoms with E-state index in [1.54, 1.807) is 36.4 Å². The number of fused-ring (bicyclic) bond motifs is 1. The lowest BCUT2D eigenvalue weighted by molar-refractivity contribution is -0.115. The Labute approximate surface area is 163 Å². The maximum atomic E-state index is 12.6. The molecule has 0 atom stereocenters. The second kappa shape index (κ2) is 8.51. The van der Waals surface area contributed by atoms with E-state index in [0.29, 0.717) is 31.9 Å². The Morgan fingerprint density at radius 3 is 2.74 bits per heavy atom. The largest absolute Gasteiger partial charge is 0.416 e. The predicted molar refractivity (Wildman–Crippen MR) is 102 cm³/mol. The Bertz CT molecular complexity index is 988. The fraction of sp³-hybridized carbons (Fsp3) is 0.111. The highest BCUT2D eigenvalue weighted by molar-refractivity contribution is 7.97. The Morgan fingerprint density at radius 1 is 1.26 bits per heavy atom. The van der Waals surface area contributed by atoms with Crippen molar-refractivity contribution in [2.45, 2.75) is 17.9 Å². The van der Waals surface area contributed by atoms with Gasteiger partial charge >= 0.3 is 6.61 Å². The lowest BCUT2D eigenvalue weighted by Crippen LogP contribution is -2.15. The van der Waals surface area contributed by atoms with Gasteiger partial charge in [-0.05, 0) is 41.8 Å². The van der Waals surface area contributed by atoms with Crippen molar-refractivity contribution in [1.82, 2.24) is 4.98 Å². The van der Waals surface area contributed by atoms with Crippen molar-refractivity contribution in [3.8, 4) is 5.88 Å². The summed E-state index contributed by atoms with van der Waals surface area (Å²) in [5.41, 5.74) is 1.06. The van der Waals surface area contributed by atoms with Crippen molar-refractivity contribution in [3.05, 3.63) is 59.2 Å². The summed E-state index contributed by atoms with van der Waals surface area (Å²) in [5.74, 6) is -0.546. The fourth-order valence-corrected chi connectivity index (χ4v) is 3.29. The lowest BCUT2D eigenvalue weighted by Gasteiger charge is -2.13. The number of alkyl halides is 2. The molecule has 0 fully saturated rings. The van der Waals surface area contributed by atoms with Gasteiger partial charge in [0, 0.05) is 32.6 Å². The first kappa shape index (κ1) is 19.3. The van der Waals surface area contributed by atoms with E-state index >= 15 is 0 Å². The second-order valence-electron chi connectivity index (χ2n) is 5.50. The summed E-state index contributed by atoms with van der Waals surface area (Å²) in [4.78, 5) is 16.8. The summed E-state index contributed by atoms with van der Waals surface area (Å²) in [6, 6.07) is 11.8. The summed E-state index contributed by atoms with van der Waals surface area (Å²) in [5, 5.41) is 9.82. The van der Waals surface area contributed by atoms with Gasteiger partial charge in [0.15, 0.2) is 0 Å². The highest BCUT2D eigenvalue weighted by Gasteiger charge is 2.15. The average molecular weight is 410 g/mol. The Kier molecular flexibility index (Phi) is 6.10. The molecule has 9 heteroatoms. The van der Waals surface area contributed by atoms with E-state index in [1.165, 1.54) is 12.3 Å². The zero-order valence-electron chi connectivity index (χ0n) is 13.8. The highest BCUT2D eigenvalue weighted by atomic mass is 35.5. The van der Waals surface area contributed by atoms with E-state index in [1.807, 2.05) is 0 Å². The van der Waals surface area contributed by atoms with Crippen LogP contribution in [0.4, 0.5) is 14.5 Å². The van der Waals surface area contributed by atoms with Crippen LogP contribution in [-0.2, 0) is 11.2 Å². The van der Waals surface area contributed by atoms with Crippen LogP contribution >= 0.6 is 23.5 Å². The molecule has 0 radical (unpaired) electrons. The van der Waals surface area contributed by atoms with Crippen molar-refractivity contribution < 1.29 is 18.3 Å². The number of nitrogens with one attached hydrogen (secondary N) is 1. The molecule has 3 N–H and O–H groups in total. The first-order chi connectivity index (χ1) is 13.0. The zero-order valence-corrected chi connectivity index (χ0v) is 15.4. The number of aromatic nitrogens is 1. The van der Waals surface area contributed by atoms with E-state index in [2.05, 4.69) is 15.0 Å². The molecule has 1 amide bonds. The molecule has 0 unspecified atom stereocenters. The normalized spacial score (nSPS) is 11.0. The molecule has 0 saturated heterocycles. The van der Waals surface area contributed by atoms with Gasteiger partial charge in [-0.25, -0.2) is 4.98 Å². The smallest absolute Gasteiger partial charge is 0.388 e. The SMILES string of the molecule is NSc1cc(NC(=O)Cc2ccccc2Cl)cc2c(OC(F)F)nccc12. The molecule has 0 saturated carbocycles. The Morgan fingerprint density at radius 2 is 2.04 bits per heavy atom. The number of amides is 1. The molecule has 3 aromatic rings. The molecule has 0 spiro atoms. The molecular formula is C18H14ClF2N3O2S. The van der Waals surface area contributed by atoms with Gasteiger partial charge in [-0.3, -0.25) is 9.93 Å². The van der Waals surface area contributed by atoms with Crippen molar-refractivity contribution in [3.63, 3.8) is 0 Å². The summed E-state index contributed by atoms with van der Waals surface area (Å²) in [6.07, 6.45) is 1.42. The van der Waals surface area contributed by atoms with Gasteiger partial charge in [-0.1, -0.05) is 29.8 Å². The van der Waals surface area contributed by atoms with E-state index < -0.39 is 6.61 Å². The van der Waals surface area contributed by atoms with Crippen molar-refractivity contribution in [1.29, 1.82) is 0 Å². The van der Waals surface area contributed by atoms with Crippen molar-refractivity contribution in [2.75, 3.05) is 5.32 Å². The van der Waals surface area contributed by atoms with Gasteiger partial charge in [0.2, 0.25) is 11.8 Å². The third-order valence-electron chi connectivity index (χ3n) is 3.73. The molecule has 5 nitrogen and oxygen atoms in total. The summed E-state index contributed by atoms with van der Waals surface area (Å²) >= 11 is 7.00. The van der Waals surface area contributed by atoms with Gasteiger partial charge in [-0.2, -0.15) is 8.78 Å². The Hall–Kier alpha value is -2.42. The maximum Gasteiger partial charge on any atom is 0.388 e. The minimum atomic E-state index is -3.02. The average Bonchev–Trinajstić information content (AvgIpc) is 2.63. The number of nitrogens with two attached hydrogens (primary N) is 1. The minimum absolute atomic E-state index is 0.0657. The van der Waals surface area contributed by atoms with E-state index in [-0.39, 0.29) is 18.2 Å². The molecule has 3 rings (SSSR count). The molecule has 0 bridgehead atoms. The molecule has 1 heterocycles. The number of pyridine rings is 1.